The summed E-state index contributed by atoms with van der Waals surface area (Å²) < 4.78 is 18.0. The maximum absolute atomic E-state index is 12.7. The summed E-state index contributed by atoms with van der Waals surface area (Å²) in [6.07, 6.45) is -0.847. The van der Waals surface area contributed by atoms with Gasteiger partial charge in [-0.2, -0.15) is 0 Å². The van der Waals surface area contributed by atoms with E-state index in [0.29, 0.717) is 5.75 Å². The SMILES string of the molecule is CC(NC(=O)NCC(O)COc1ccc(F)cc1)C(C)(C)C. The van der Waals surface area contributed by atoms with Gasteiger partial charge in [0.25, 0.3) is 0 Å². The van der Waals surface area contributed by atoms with E-state index in [-0.39, 0.29) is 36.5 Å². The fourth-order valence-electron chi connectivity index (χ4n) is 1.46. The monoisotopic (exact) mass is 312 g/mol. The van der Waals surface area contributed by atoms with Gasteiger partial charge in [0, 0.05) is 12.6 Å². The fourth-order valence-corrected chi connectivity index (χ4v) is 1.46. The lowest BCUT2D eigenvalue weighted by molar-refractivity contribution is 0.107. The molecule has 5 nitrogen and oxygen atoms in total. The highest BCUT2D eigenvalue weighted by molar-refractivity contribution is 5.74. The molecular weight excluding hydrogens is 287 g/mol. The number of aliphatic hydroxyl groups excluding tert-OH is 1. The topological polar surface area (TPSA) is 70.6 Å². The number of benzene rings is 1. The van der Waals surface area contributed by atoms with Crippen molar-refractivity contribution in [1.82, 2.24) is 10.6 Å². The Hall–Kier alpha value is -1.82. The lowest BCUT2D eigenvalue weighted by Crippen LogP contribution is -2.48. The third-order valence-electron chi connectivity index (χ3n) is 3.40. The van der Waals surface area contributed by atoms with Gasteiger partial charge in [-0.3, -0.25) is 0 Å². The van der Waals surface area contributed by atoms with Gasteiger partial charge in [0.05, 0.1) is 0 Å². The molecule has 1 rings (SSSR count). The molecule has 0 heterocycles. The summed E-state index contributed by atoms with van der Waals surface area (Å²) in [6, 6.07) is 5.19. The van der Waals surface area contributed by atoms with Crippen LogP contribution in [-0.2, 0) is 0 Å². The van der Waals surface area contributed by atoms with E-state index < -0.39 is 6.10 Å². The number of hydrogen-bond acceptors (Lipinski definition) is 3. The molecule has 22 heavy (non-hydrogen) atoms. The van der Waals surface area contributed by atoms with Crippen molar-refractivity contribution in [3.8, 4) is 5.75 Å². The summed E-state index contributed by atoms with van der Waals surface area (Å²) in [5, 5.41) is 15.2. The number of ether oxygens (including phenoxy) is 1. The molecule has 0 radical (unpaired) electrons. The number of aliphatic hydroxyl groups is 1. The Balaban J connectivity index is 2.26. The van der Waals surface area contributed by atoms with Crippen molar-refractivity contribution in [3.63, 3.8) is 0 Å². The van der Waals surface area contributed by atoms with E-state index in [0.717, 1.165) is 0 Å². The van der Waals surface area contributed by atoms with Crippen LogP contribution in [-0.4, -0.2) is 36.4 Å². The zero-order valence-corrected chi connectivity index (χ0v) is 13.5. The molecule has 0 aromatic heterocycles. The molecule has 0 saturated carbocycles. The Labute approximate surface area is 130 Å². The summed E-state index contributed by atoms with van der Waals surface area (Å²) >= 11 is 0. The van der Waals surface area contributed by atoms with Gasteiger partial charge in [0.15, 0.2) is 0 Å². The van der Waals surface area contributed by atoms with Crippen molar-refractivity contribution in [3.05, 3.63) is 30.1 Å². The summed E-state index contributed by atoms with van der Waals surface area (Å²) in [5.74, 6) is 0.116. The largest absolute Gasteiger partial charge is 0.491 e. The van der Waals surface area contributed by atoms with Crippen LogP contribution in [0.1, 0.15) is 27.7 Å². The second-order valence-electron chi connectivity index (χ2n) is 6.36. The number of amides is 2. The van der Waals surface area contributed by atoms with Gasteiger partial charge in [0.2, 0.25) is 0 Å². The van der Waals surface area contributed by atoms with Crippen LogP contribution in [0.2, 0.25) is 0 Å². The number of nitrogens with one attached hydrogen (secondary N) is 2. The number of rotatable bonds is 6. The zero-order valence-electron chi connectivity index (χ0n) is 13.5. The van der Waals surface area contributed by atoms with E-state index in [9.17, 15) is 14.3 Å². The summed E-state index contributed by atoms with van der Waals surface area (Å²) in [5.41, 5.74) is -0.0400. The van der Waals surface area contributed by atoms with Crippen LogP contribution in [0.5, 0.6) is 5.75 Å². The van der Waals surface area contributed by atoms with Gasteiger partial charge >= 0.3 is 6.03 Å². The molecule has 0 spiro atoms. The number of urea groups is 1. The van der Waals surface area contributed by atoms with Crippen molar-refractivity contribution in [1.29, 1.82) is 0 Å². The van der Waals surface area contributed by atoms with Gasteiger partial charge < -0.3 is 20.5 Å². The van der Waals surface area contributed by atoms with Crippen molar-refractivity contribution in [2.75, 3.05) is 13.2 Å². The zero-order chi connectivity index (χ0) is 16.8. The Morgan fingerprint density at radius 1 is 1.32 bits per heavy atom. The van der Waals surface area contributed by atoms with Crippen LogP contribution in [0.15, 0.2) is 24.3 Å². The van der Waals surface area contributed by atoms with Gasteiger partial charge in [-0.25, -0.2) is 9.18 Å². The second-order valence-corrected chi connectivity index (χ2v) is 6.36. The molecule has 0 aliphatic heterocycles. The van der Waals surface area contributed by atoms with Crippen LogP contribution in [0, 0.1) is 11.2 Å². The Morgan fingerprint density at radius 3 is 2.45 bits per heavy atom. The molecule has 0 fully saturated rings. The average molecular weight is 312 g/mol. The molecule has 0 bridgehead atoms. The Kier molecular flexibility index (Phi) is 6.61. The Morgan fingerprint density at radius 2 is 1.91 bits per heavy atom. The minimum atomic E-state index is -0.847. The van der Waals surface area contributed by atoms with Gasteiger partial charge in [-0.15, -0.1) is 0 Å². The molecule has 0 aliphatic rings. The van der Waals surface area contributed by atoms with Crippen molar-refractivity contribution in [2.45, 2.75) is 39.8 Å². The molecule has 0 aliphatic carbocycles. The van der Waals surface area contributed by atoms with E-state index in [2.05, 4.69) is 10.6 Å². The van der Waals surface area contributed by atoms with E-state index in [1.54, 1.807) is 0 Å². The van der Waals surface area contributed by atoms with Gasteiger partial charge in [-0.05, 0) is 36.6 Å². The highest BCUT2D eigenvalue weighted by Crippen LogP contribution is 2.18. The van der Waals surface area contributed by atoms with Gasteiger partial charge in [-0.1, -0.05) is 20.8 Å². The van der Waals surface area contributed by atoms with Crippen LogP contribution in [0.4, 0.5) is 9.18 Å². The smallest absolute Gasteiger partial charge is 0.315 e. The molecule has 0 saturated heterocycles. The predicted octanol–water partition coefficient (Wildman–Crippen LogP) is 2.30. The summed E-state index contributed by atoms with van der Waals surface area (Å²) in [6.45, 7) is 8.11. The van der Waals surface area contributed by atoms with Crippen molar-refractivity contribution >= 4 is 6.03 Å². The molecule has 2 amide bonds. The van der Waals surface area contributed by atoms with E-state index in [4.69, 9.17) is 4.74 Å². The maximum atomic E-state index is 12.7. The van der Waals surface area contributed by atoms with E-state index in [1.165, 1.54) is 24.3 Å². The number of hydrogen-bond donors (Lipinski definition) is 3. The number of carbonyl (C=O) groups excluding carboxylic acids is 1. The molecule has 6 heteroatoms. The van der Waals surface area contributed by atoms with Gasteiger partial charge in [0.1, 0.15) is 24.3 Å². The minimum Gasteiger partial charge on any atom is -0.491 e. The second kappa shape index (κ2) is 7.98. The Bertz CT molecular complexity index is 471. The van der Waals surface area contributed by atoms with Crippen LogP contribution < -0.4 is 15.4 Å². The van der Waals surface area contributed by atoms with Crippen LogP contribution in [0.3, 0.4) is 0 Å². The highest BCUT2D eigenvalue weighted by Gasteiger charge is 2.21. The van der Waals surface area contributed by atoms with Crippen LogP contribution >= 0.6 is 0 Å². The predicted molar refractivity (Wildman–Crippen MR) is 83.4 cm³/mol. The van der Waals surface area contributed by atoms with Crippen molar-refractivity contribution < 1.29 is 19.0 Å². The average Bonchev–Trinajstić information content (AvgIpc) is 2.43. The summed E-state index contributed by atoms with van der Waals surface area (Å²) in [4.78, 5) is 11.7. The minimum absolute atomic E-state index is 0.000100. The molecule has 2 unspecified atom stereocenters. The molecule has 2 atom stereocenters. The number of carbonyl (C=O) groups is 1. The lowest BCUT2D eigenvalue weighted by atomic mass is 9.88. The van der Waals surface area contributed by atoms with E-state index in [1.807, 2.05) is 27.7 Å². The molecule has 1 aromatic carbocycles. The normalized spacial score (nSPS) is 14.1. The first-order valence-corrected chi connectivity index (χ1v) is 7.29. The highest BCUT2D eigenvalue weighted by atomic mass is 19.1. The standard InChI is InChI=1S/C16H25FN2O3/c1-11(16(2,3)4)19-15(21)18-9-13(20)10-22-14-7-5-12(17)6-8-14/h5-8,11,13,20H,9-10H2,1-4H3,(H2,18,19,21). The molecule has 124 valence electrons. The first-order valence-electron chi connectivity index (χ1n) is 7.29. The first kappa shape index (κ1) is 18.2. The number of halogens is 1. The third kappa shape index (κ3) is 6.76. The molecular formula is C16H25FN2O3. The maximum Gasteiger partial charge on any atom is 0.315 e. The summed E-state index contributed by atoms with van der Waals surface area (Å²) in [7, 11) is 0. The molecule has 3 N–H and O–H groups in total. The molecule has 1 aromatic rings. The fraction of sp³-hybridized carbons (Fsp3) is 0.562. The van der Waals surface area contributed by atoms with E-state index >= 15 is 0 Å². The van der Waals surface area contributed by atoms with Crippen LogP contribution in [0.25, 0.3) is 0 Å². The van der Waals surface area contributed by atoms with Crippen molar-refractivity contribution in [2.24, 2.45) is 5.41 Å². The lowest BCUT2D eigenvalue weighted by Gasteiger charge is -2.28. The first-order chi connectivity index (χ1) is 10.2. The quantitative estimate of drug-likeness (QED) is 0.755. The third-order valence-corrected chi connectivity index (χ3v) is 3.40.